The summed E-state index contributed by atoms with van der Waals surface area (Å²) in [7, 11) is 0. The molecule has 150 valence electrons. The van der Waals surface area contributed by atoms with Gasteiger partial charge in [0.05, 0.1) is 41.7 Å². The fraction of sp³-hybridized carbons (Fsp3) is 0.611. The zero-order valence-electron chi connectivity index (χ0n) is 15.3. The molecule has 0 aromatic carbocycles. The number of anilines is 1. The monoisotopic (exact) mass is 395 g/mol. The first-order valence-corrected chi connectivity index (χ1v) is 9.22. The summed E-state index contributed by atoms with van der Waals surface area (Å²) >= 11 is 0. The molecule has 4 rings (SSSR count). The number of rotatable bonds is 4. The van der Waals surface area contributed by atoms with Crippen LogP contribution in [0.1, 0.15) is 49.4 Å². The lowest BCUT2D eigenvalue weighted by molar-refractivity contribution is -0.136. The molecule has 2 aliphatic rings. The predicted octanol–water partition coefficient (Wildman–Crippen LogP) is 2.62. The highest BCUT2D eigenvalue weighted by atomic mass is 19.4. The number of aliphatic hydroxyl groups excluding tert-OH is 1. The maximum Gasteiger partial charge on any atom is 0.419 e. The summed E-state index contributed by atoms with van der Waals surface area (Å²) < 4.78 is 47.6. The van der Waals surface area contributed by atoms with Crippen LogP contribution < -0.4 is 5.32 Å². The number of aliphatic hydroxyl groups is 1. The van der Waals surface area contributed by atoms with Crippen LogP contribution in [0.5, 0.6) is 0 Å². The second kappa shape index (κ2) is 6.60. The minimum atomic E-state index is -4.69. The van der Waals surface area contributed by atoms with Crippen LogP contribution in [0.4, 0.5) is 19.1 Å². The summed E-state index contributed by atoms with van der Waals surface area (Å²) in [5.41, 5.74) is -1.75. The van der Waals surface area contributed by atoms with Gasteiger partial charge >= 0.3 is 6.18 Å². The molecule has 1 saturated carbocycles. The number of fused-ring (bicyclic) bond motifs is 1. The van der Waals surface area contributed by atoms with Gasteiger partial charge in [0.15, 0.2) is 0 Å². The average molecular weight is 395 g/mol. The predicted molar refractivity (Wildman–Crippen MR) is 92.8 cm³/mol. The zero-order valence-corrected chi connectivity index (χ0v) is 15.3. The fourth-order valence-electron chi connectivity index (χ4n) is 3.96. The number of nitrogens with one attached hydrogen (secondary N) is 1. The Morgan fingerprint density at radius 2 is 2.21 bits per heavy atom. The number of halogens is 3. The number of nitrogens with zero attached hydrogens (tertiary/aromatic N) is 4. The van der Waals surface area contributed by atoms with E-state index in [0.717, 1.165) is 6.20 Å². The van der Waals surface area contributed by atoms with Crippen molar-refractivity contribution < 1.29 is 23.0 Å². The molecular weight excluding hydrogens is 375 g/mol. The van der Waals surface area contributed by atoms with Crippen LogP contribution in [0.2, 0.25) is 0 Å². The molecule has 0 amide bonds. The molecular formula is C18H20F3N5O2. The van der Waals surface area contributed by atoms with Crippen LogP contribution >= 0.6 is 0 Å². The summed E-state index contributed by atoms with van der Waals surface area (Å²) in [5, 5.41) is 26.8. The van der Waals surface area contributed by atoms with Crippen LogP contribution in [-0.4, -0.2) is 45.1 Å². The maximum absolute atomic E-state index is 13.7. The molecule has 2 atom stereocenters. The van der Waals surface area contributed by atoms with E-state index in [1.807, 2.05) is 6.92 Å². The van der Waals surface area contributed by atoms with Crippen molar-refractivity contribution in [1.82, 2.24) is 14.6 Å². The van der Waals surface area contributed by atoms with E-state index >= 15 is 0 Å². The van der Waals surface area contributed by atoms with Crippen LogP contribution in [0, 0.1) is 11.3 Å². The first-order chi connectivity index (χ1) is 13.3. The molecule has 2 aromatic heterocycles. The quantitative estimate of drug-likeness (QED) is 0.826. The van der Waals surface area contributed by atoms with E-state index in [1.165, 1.54) is 4.52 Å². The molecule has 2 fully saturated rings. The molecule has 1 aliphatic heterocycles. The number of aromatic nitrogens is 3. The Labute approximate surface area is 159 Å². The van der Waals surface area contributed by atoms with E-state index in [-0.39, 0.29) is 29.7 Å². The van der Waals surface area contributed by atoms with Gasteiger partial charge in [-0.25, -0.2) is 9.50 Å². The van der Waals surface area contributed by atoms with E-state index in [9.17, 15) is 23.5 Å². The van der Waals surface area contributed by atoms with E-state index in [4.69, 9.17) is 4.74 Å². The molecule has 2 N–H and O–H groups in total. The van der Waals surface area contributed by atoms with Crippen molar-refractivity contribution >= 4 is 11.5 Å². The SMILES string of the molecule is CCC1(c2c(C#N)c(C(F)(F)F)c3cnc(N[C@@H]4CCOC[C@H]4O)nn23)CC1. The third kappa shape index (κ3) is 2.99. The van der Waals surface area contributed by atoms with Gasteiger partial charge in [0.1, 0.15) is 11.6 Å². The molecule has 7 nitrogen and oxygen atoms in total. The van der Waals surface area contributed by atoms with E-state index in [0.29, 0.717) is 38.0 Å². The Morgan fingerprint density at radius 1 is 1.46 bits per heavy atom. The fourth-order valence-corrected chi connectivity index (χ4v) is 3.96. The Hall–Kier alpha value is -2.38. The zero-order chi connectivity index (χ0) is 20.1. The standard InChI is InChI=1S/C18H20F3N5O2/c1-2-17(4-5-17)15-10(7-22)14(18(19,20)21)12-8-23-16(25-26(12)15)24-11-3-6-28-9-13(11)27/h8,11,13,27H,2-6,9H2,1H3,(H,24,25)/t11-,13-/m1/s1. The normalized spacial score (nSPS) is 24.1. The third-order valence-electron chi connectivity index (χ3n) is 5.76. The molecule has 2 aromatic rings. The number of nitriles is 1. The van der Waals surface area contributed by atoms with Gasteiger partial charge in [-0.05, 0) is 25.7 Å². The van der Waals surface area contributed by atoms with Gasteiger partial charge in [0.25, 0.3) is 0 Å². The van der Waals surface area contributed by atoms with Crippen LogP contribution in [0.15, 0.2) is 6.20 Å². The minimum Gasteiger partial charge on any atom is -0.389 e. The first kappa shape index (κ1) is 19.0. The molecule has 1 aliphatic carbocycles. The molecule has 1 saturated heterocycles. The third-order valence-corrected chi connectivity index (χ3v) is 5.76. The van der Waals surface area contributed by atoms with E-state index in [1.54, 1.807) is 6.07 Å². The summed E-state index contributed by atoms with van der Waals surface area (Å²) in [6.45, 7) is 2.53. The Bertz CT molecular complexity index is 945. The highest BCUT2D eigenvalue weighted by Crippen LogP contribution is 2.54. The van der Waals surface area contributed by atoms with Gasteiger partial charge in [-0.2, -0.15) is 18.4 Å². The van der Waals surface area contributed by atoms with Crippen molar-refractivity contribution in [3.05, 3.63) is 23.0 Å². The summed E-state index contributed by atoms with van der Waals surface area (Å²) in [6.07, 6.45) is -1.77. The highest BCUT2D eigenvalue weighted by molar-refractivity contribution is 5.67. The Balaban J connectivity index is 1.86. The Kier molecular flexibility index (Phi) is 4.47. The topological polar surface area (TPSA) is 95.5 Å². The number of ether oxygens (including phenoxy) is 1. The van der Waals surface area contributed by atoms with Crippen molar-refractivity contribution in [2.45, 2.75) is 56.3 Å². The summed E-state index contributed by atoms with van der Waals surface area (Å²) in [4.78, 5) is 4.02. The second-order valence-corrected chi connectivity index (χ2v) is 7.40. The van der Waals surface area contributed by atoms with Crippen molar-refractivity contribution in [1.29, 1.82) is 5.26 Å². The average Bonchev–Trinajstić information content (AvgIpc) is 3.37. The highest BCUT2D eigenvalue weighted by Gasteiger charge is 2.50. The van der Waals surface area contributed by atoms with E-state index in [2.05, 4.69) is 15.4 Å². The lowest BCUT2D eigenvalue weighted by Crippen LogP contribution is -2.42. The number of hydrogen-bond acceptors (Lipinski definition) is 6. The molecule has 10 heteroatoms. The summed E-state index contributed by atoms with van der Waals surface area (Å²) in [6, 6.07) is 1.41. The largest absolute Gasteiger partial charge is 0.419 e. The molecule has 0 spiro atoms. The van der Waals surface area contributed by atoms with Gasteiger partial charge in [0, 0.05) is 12.0 Å². The number of alkyl halides is 3. The molecule has 0 radical (unpaired) electrons. The van der Waals surface area contributed by atoms with Crippen molar-refractivity contribution in [2.75, 3.05) is 18.5 Å². The van der Waals surface area contributed by atoms with Gasteiger partial charge in [-0.15, -0.1) is 5.10 Å². The van der Waals surface area contributed by atoms with Gasteiger partial charge in [-0.1, -0.05) is 6.92 Å². The maximum atomic E-state index is 13.7. The van der Waals surface area contributed by atoms with Gasteiger partial charge in [-0.3, -0.25) is 0 Å². The van der Waals surface area contributed by atoms with Crippen LogP contribution in [0.3, 0.4) is 0 Å². The van der Waals surface area contributed by atoms with Gasteiger partial charge in [0.2, 0.25) is 5.95 Å². The first-order valence-electron chi connectivity index (χ1n) is 9.22. The molecule has 3 heterocycles. The van der Waals surface area contributed by atoms with Crippen LogP contribution in [0.25, 0.3) is 5.52 Å². The Morgan fingerprint density at radius 3 is 2.79 bits per heavy atom. The summed E-state index contributed by atoms with van der Waals surface area (Å²) in [5.74, 6) is 0.111. The molecule has 28 heavy (non-hydrogen) atoms. The second-order valence-electron chi connectivity index (χ2n) is 7.40. The molecule has 0 unspecified atom stereocenters. The smallest absolute Gasteiger partial charge is 0.389 e. The van der Waals surface area contributed by atoms with E-state index < -0.39 is 23.3 Å². The lowest BCUT2D eigenvalue weighted by Gasteiger charge is -2.28. The van der Waals surface area contributed by atoms with Crippen molar-refractivity contribution in [3.63, 3.8) is 0 Å². The van der Waals surface area contributed by atoms with Crippen molar-refractivity contribution in [2.24, 2.45) is 0 Å². The van der Waals surface area contributed by atoms with Crippen molar-refractivity contribution in [3.8, 4) is 6.07 Å². The number of hydrogen-bond donors (Lipinski definition) is 2. The van der Waals surface area contributed by atoms with Gasteiger partial charge < -0.3 is 15.2 Å². The van der Waals surface area contributed by atoms with Crippen LogP contribution in [-0.2, 0) is 16.3 Å². The lowest BCUT2D eigenvalue weighted by atomic mass is 9.94. The minimum absolute atomic E-state index is 0.111. The molecule has 0 bridgehead atoms.